The second kappa shape index (κ2) is 7.56. The molecule has 1 aromatic heterocycles. The summed E-state index contributed by atoms with van der Waals surface area (Å²) in [5.41, 5.74) is 5.60. The van der Waals surface area contributed by atoms with E-state index >= 15 is 0 Å². The van der Waals surface area contributed by atoms with Gasteiger partial charge in [-0.05, 0) is 13.5 Å². The Hall–Kier alpha value is -2.00. The number of carbonyl (C=O) groups excluding carboxylic acids is 1. The number of carbonyl (C=O) groups is 2. The van der Waals surface area contributed by atoms with Crippen LogP contribution in [0.2, 0.25) is 0 Å². The molecule has 0 saturated carbocycles. The van der Waals surface area contributed by atoms with Gasteiger partial charge >= 0.3 is 5.97 Å². The van der Waals surface area contributed by atoms with Gasteiger partial charge in [0.25, 0.3) is 0 Å². The van der Waals surface area contributed by atoms with Gasteiger partial charge in [-0.1, -0.05) is 5.21 Å². The van der Waals surface area contributed by atoms with Crippen molar-refractivity contribution in [3.05, 3.63) is 11.4 Å². The Morgan fingerprint density at radius 3 is 2.80 bits per heavy atom. The van der Waals surface area contributed by atoms with Gasteiger partial charge in [-0.15, -0.1) is 5.10 Å². The van der Waals surface area contributed by atoms with Crippen molar-refractivity contribution in [2.45, 2.75) is 25.9 Å². The number of rotatable bonds is 8. The van der Waals surface area contributed by atoms with Crippen molar-refractivity contribution in [2.75, 3.05) is 20.3 Å². The number of nitrogens with one attached hydrogen (secondary N) is 1. The Morgan fingerprint density at radius 1 is 1.55 bits per heavy atom. The van der Waals surface area contributed by atoms with Crippen LogP contribution in [0.3, 0.4) is 0 Å². The van der Waals surface area contributed by atoms with Crippen LogP contribution in [-0.2, 0) is 22.5 Å². The van der Waals surface area contributed by atoms with Crippen LogP contribution in [0.5, 0.6) is 0 Å². The highest BCUT2D eigenvalue weighted by molar-refractivity contribution is 5.86. The fourth-order valence-electron chi connectivity index (χ4n) is 1.76. The predicted octanol–water partition coefficient (Wildman–Crippen LogP) is -1.37. The highest BCUT2D eigenvalue weighted by Crippen LogP contribution is 2.06. The zero-order valence-corrected chi connectivity index (χ0v) is 11.5. The van der Waals surface area contributed by atoms with E-state index in [9.17, 15) is 9.59 Å². The molecular formula is C11H19N5O4. The van der Waals surface area contributed by atoms with Gasteiger partial charge in [0.05, 0.1) is 12.3 Å². The van der Waals surface area contributed by atoms with E-state index in [-0.39, 0.29) is 37.2 Å². The Morgan fingerprint density at radius 2 is 2.25 bits per heavy atom. The molecule has 1 amide bonds. The van der Waals surface area contributed by atoms with Crippen LogP contribution < -0.4 is 11.1 Å². The summed E-state index contributed by atoms with van der Waals surface area (Å²) in [6.07, 6.45) is 0.287. The maximum Gasteiger partial charge on any atom is 0.358 e. The molecule has 0 aliphatic rings. The standard InChI is InChI=1S/C11H19N5O4/c1-7(6-20-2)13-9(17)5-16-8(3-4-12)10(11(18)19)14-15-16/h7H,3-6,12H2,1-2H3,(H,13,17)(H,18,19). The van der Waals surface area contributed by atoms with Crippen molar-refractivity contribution in [1.82, 2.24) is 20.3 Å². The fraction of sp³-hybridized carbons (Fsp3) is 0.636. The summed E-state index contributed by atoms with van der Waals surface area (Å²) in [5.74, 6) is -1.48. The minimum absolute atomic E-state index is 0.107. The average molecular weight is 285 g/mol. The minimum atomic E-state index is -1.19. The van der Waals surface area contributed by atoms with Crippen LogP contribution in [0.25, 0.3) is 0 Å². The van der Waals surface area contributed by atoms with E-state index in [1.54, 1.807) is 14.0 Å². The lowest BCUT2D eigenvalue weighted by Crippen LogP contribution is -2.38. The Balaban J connectivity index is 2.76. The van der Waals surface area contributed by atoms with E-state index in [1.165, 1.54) is 4.68 Å². The molecule has 0 aliphatic carbocycles. The number of hydrogen-bond acceptors (Lipinski definition) is 6. The second-order valence-electron chi connectivity index (χ2n) is 4.31. The second-order valence-corrected chi connectivity index (χ2v) is 4.31. The molecule has 1 atom stereocenters. The molecule has 4 N–H and O–H groups in total. The summed E-state index contributed by atoms with van der Waals surface area (Å²) in [6.45, 7) is 2.32. The number of nitrogens with two attached hydrogens (primary N) is 1. The number of amides is 1. The minimum Gasteiger partial charge on any atom is -0.476 e. The van der Waals surface area contributed by atoms with Gasteiger partial charge in [-0.25, -0.2) is 9.48 Å². The number of nitrogens with zero attached hydrogens (tertiary/aromatic N) is 3. The average Bonchev–Trinajstić information content (AvgIpc) is 2.73. The molecule has 0 saturated heterocycles. The topological polar surface area (TPSA) is 132 Å². The number of methoxy groups -OCH3 is 1. The third-order valence-electron chi connectivity index (χ3n) is 2.54. The summed E-state index contributed by atoms with van der Waals surface area (Å²) < 4.78 is 6.16. The first-order valence-corrected chi connectivity index (χ1v) is 6.13. The summed E-state index contributed by atoms with van der Waals surface area (Å²) in [6, 6.07) is -0.145. The van der Waals surface area contributed by atoms with Crippen molar-refractivity contribution in [1.29, 1.82) is 0 Å². The summed E-state index contributed by atoms with van der Waals surface area (Å²) >= 11 is 0. The maximum absolute atomic E-state index is 11.8. The molecule has 0 fully saturated rings. The van der Waals surface area contributed by atoms with E-state index in [1.807, 2.05) is 0 Å². The molecule has 1 unspecified atom stereocenters. The molecule has 20 heavy (non-hydrogen) atoms. The molecule has 1 aromatic rings. The first-order valence-electron chi connectivity index (χ1n) is 6.13. The van der Waals surface area contributed by atoms with Crippen LogP contribution >= 0.6 is 0 Å². The van der Waals surface area contributed by atoms with Gasteiger partial charge < -0.3 is 20.9 Å². The third-order valence-corrected chi connectivity index (χ3v) is 2.54. The fourth-order valence-corrected chi connectivity index (χ4v) is 1.76. The predicted molar refractivity (Wildman–Crippen MR) is 69.2 cm³/mol. The summed E-state index contributed by atoms with van der Waals surface area (Å²) in [4.78, 5) is 22.8. The largest absolute Gasteiger partial charge is 0.476 e. The maximum atomic E-state index is 11.8. The van der Waals surface area contributed by atoms with Gasteiger partial charge in [-0.3, -0.25) is 4.79 Å². The molecule has 0 aromatic carbocycles. The third kappa shape index (κ3) is 4.28. The molecule has 1 rings (SSSR count). The molecule has 0 aliphatic heterocycles. The van der Waals surface area contributed by atoms with Gasteiger partial charge in [0.2, 0.25) is 5.91 Å². The van der Waals surface area contributed by atoms with Crippen LogP contribution in [0.1, 0.15) is 23.1 Å². The zero-order chi connectivity index (χ0) is 15.1. The number of aromatic carboxylic acids is 1. The zero-order valence-electron chi connectivity index (χ0n) is 11.5. The van der Waals surface area contributed by atoms with E-state index < -0.39 is 5.97 Å². The van der Waals surface area contributed by atoms with Crippen molar-refractivity contribution < 1.29 is 19.4 Å². The van der Waals surface area contributed by atoms with Crippen molar-refractivity contribution in [3.8, 4) is 0 Å². The summed E-state index contributed by atoms with van der Waals surface area (Å²) in [5, 5.41) is 18.9. The van der Waals surface area contributed by atoms with Gasteiger partial charge in [0.1, 0.15) is 6.54 Å². The summed E-state index contributed by atoms with van der Waals surface area (Å²) in [7, 11) is 1.54. The lowest BCUT2D eigenvalue weighted by molar-refractivity contribution is -0.122. The van der Waals surface area contributed by atoms with Crippen LogP contribution in [0.4, 0.5) is 0 Å². The van der Waals surface area contributed by atoms with E-state index in [4.69, 9.17) is 15.6 Å². The van der Waals surface area contributed by atoms with Crippen molar-refractivity contribution in [3.63, 3.8) is 0 Å². The number of carboxylic acid groups (broad SMARTS) is 1. The lowest BCUT2D eigenvalue weighted by Gasteiger charge is -2.13. The number of hydrogen-bond donors (Lipinski definition) is 3. The van der Waals surface area contributed by atoms with Crippen LogP contribution in [0.15, 0.2) is 0 Å². The first-order chi connectivity index (χ1) is 9.49. The quantitative estimate of drug-likeness (QED) is 0.536. The Kier molecular flexibility index (Phi) is 6.07. The van der Waals surface area contributed by atoms with Gasteiger partial charge in [-0.2, -0.15) is 0 Å². The molecule has 0 spiro atoms. The molecule has 9 heteroatoms. The van der Waals surface area contributed by atoms with Gasteiger partial charge in [0.15, 0.2) is 5.69 Å². The van der Waals surface area contributed by atoms with E-state index in [0.717, 1.165) is 0 Å². The Bertz CT molecular complexity index is 473. The number of ether oxygens (including phenoxy) is 1. The normalized spacial score (nSPS) is 12.2. The van der Waals surface area contributed by atoms with E-state index in [0.29, 0.717) is 12.3 Å². The number of carboxylic acids is 1. The smallest absolute Gasteiger partial charge is 0.358 e. The Labute approximate surface area is 116 Å². The number of aromatic nitrogens is 3. The first kappa shape index (κ1) is 16.1. The SMILES string of the molecule is COCC(C)NC(=O)Cn1nnc(C(=O)O)c1CCN. The molecule has 0 radical (unpaired) electrons. The van der Waals surface area contributed by atoms with Crippen molar-refractivity contribution >= 4 is 11.9 Å². The molecule has 1 heterocycles. The van der Waals surface area contributed by atoms with Crippen LogP contribution in [-0.4, -0.2) is 58.3 Å². The highest BCUT2D eigenvalue weighted by Gasteiger charge is 2.20. The highest BCUT2D eigenvalue weighted by atomic mass is 16.5. The van der Waals surface area contributed by atoms with Crippen LogP contribution in [0, 0.1) is 0 Å². The molecule has 112 valence electrons. The monoisotopic (exact) mass is 285 g/mol. The van der Waals surface area contributed by atoms with Crippen molar-refractivity contribution in [2.24, 2.45) is 5.73 Å². The lowest BCUT2D eigenvalue weighted by atomic mass is 10.2. The molecular weight excluding hydrogens is 266 g/mol. The van der Waals surface area contributed by atoms with Gasteiger partial charge in [0, 0.05) is 19.6 Å². The van der Waals surface area contributed by atoms with E-state index in [2.05, 4.69) is 15.6 Å². The molecule has 9 nitrogen and oxygen atoms in total. The molecule has 0 bridgehead atoms.